The molecule has 0 heterocycles. The molecule has 0 bridgehead atoms. The van der Waals surface area contributed by atoms with Crippen LogP contribution in [0.3, 0.4) is 0 Å². The number of aryl methyl sites for hydroxylation is 5. The fourth-order valence-electron chi connectivity index (χ4n) is 12.5. The molecule has 0 aliphatic carbocycles. The van der Waals surface area contributed by atoms with Gasteiger partial charge in [-0.05, 0) is 212 Å². The van der Waals surface area contributed by atoms with Gasteiger partial charge in [-0.3, -0.25) is 0 Å². The van der Waals surface area contributed by atoms with Crippen LogP contribution >= 0.6 is 12.6 Å². The lowest BCUT2D eigenvalue weighted by molar-refractivity contribution is 0.415. The van der Waals surface area contributed by atoms with E-state index in [1.165, 1.54) is 87.3 Å². The van der Waals surface area contributed by atoms with Crippen molar-refractivity contribution in [2.24, 2.45) is 5.92 Å². The highest BCUT2D eigenvalue weighted by molar-refractivity contribution is 7.81. The predicted molar refractivity (Wildman–Crippen MR) is 353 cm³/mol. The van der Waals surface area contributed by atoms with Gasteiger partial charge in [0.05, 0.1) is 4.75 Å². The number of rotatable bonds is 20. The minimum atomic E-state index is -0.548. The van der Waals surface area contributed by atoms with E-state index >= 15 is 0 Å². The van der Waals surface area contributed by atoms with E-state index in [0.717, 1.165) is 79.6 Å². The summed E-state index contributed by atoms with van der Waals surface area (Å²) in [5, 5.41) is 54.4. The first-order valence-corrected chi connectivity index (χ1v) is 31.5. The summed E-state index contributed by atoms with van der Waals surface area (Å²) < 4.78 is -0.548. The SMILES string of the molecule is CCCCCCCCCCCCC(C)CC(S)(c1cc(C(C)(C)C)c(O)cc1C)c1cc(C(C)(C)C)c(O)cc1C.Cc1cc(O)c(C(C)(C)C)cc1C(C)CC(c1cc(C(C)(C)C)c(O)cc1C)c1cc(C(C)(C)C)c(O)cc1C. The van der Waals surface area contributed by atoms with Gasteiger partial charge in [0.1, 0.15) is 28.7 Å². The maximum atomic E-state index is 10.9. The monoisotopic (exact) mass is 1130 g/mol. The fourth-order valence-corrected chi connectivity index (χ4v) is 13.3. The fraction of sp³-hybridized carbons (Fsp3) is 0.600. The Balaban J connectivity index is 0.000000348. The quantitative estimate of drug-likeness (QED) is 0.0344. The van der Waals surface area contributed by atoms with Crippen molar-refractivity contribution < 1.29 is 25.5 Å². The smallest absolute Gasteiger partial charge is 0.119 e. The average molecular weight is 1130 g/mol. The molecule has 0 fully saturated rings. The zero-order valence-corrected chi connectivity index (χ0v) is 56.3. The van der Waals surface area contributed by atoms with Crippen LogP contribution in [0.2, 0.25) is 0 Å². The van der Waals surface area contributed by atoms with Gasteiger partial charge in [-0.15, -0.1) is 0 Å². The molecule has 5 aromatic rings. The van der Waals surface area contributed by atoms with Crippen molar-refractivity contribution >= 4 is 12.6 Å². The lowest BCUT2D eigenvalue weighted by Gasteiger charge is -2.37. The van der Waals surface area contributed by atoms with Gasteiger partial charge in [0.25, 0.3) is 0 Å². The molecule has 0 saturated heterocycles. The topological polar surface area (TPSA) is 101 Å². The number of thiol groups is 1. The number of hydrogen-bond acceptors (Lipinski definition) is 6. The zero-order valence-electron chi connectivity index (χ0n) is 55.4. The van der Waals surface area contributed by atoms with Gasteiger partial charge in [-0.1, -0.05) is 213 Å². The molecular formula is C75H114O5S. The molecule has 0 radical (unpaired) electrons. The second-order valence-electron chi connectivity index (χ2n) is 30.1. The van der Waals surface area contributed by atoms with Crippen molar-refractivity contribution in [3.05, 3.63) is 144 Å². The van der Waals surface area contributed by atoms with Crippen LogP contribution in [-0.4, -0.2) is 25.5 Å². The van der Waals surface area contributed by atoms with E-state index in [-0.39, 0.29) is 38.9 Å². The molecule has 0 aliphatic heterocycles. The number of phenols is 5. The highest BCUT2D eigenvalue weighted by Gasteiger charge is 2.38. The number of hydrogen-bond donors (Lipinski definition) is 6. The van der Waals surface area contributed by atoms with Crippen molar-refractivity contribution in [1.29, 1.82) is 0 Å². The summed E-state index contributed by atoms with van der Waals surface area (Å²) in [6.45, 7) is 49.5. The lowest BCUT2D eigenvalue weighted by atomic mass is 9.74. The molecule has 81 heavy (non-hydrogen) atoms. The van der Waals surface area contributed by atoms with Crippen molar-refractivity contribution in [2.45, 2.75) is 286 Å². The third-order valence-electron chi connectivity index (χ3n) is 17.3. The minimum Gasteiger partial charge on any atom is -0.508 e. The zero-order chi connectivity index (χ0) is 61.5. The van der Waals surface area contributed by atoms with E-state index in [4.69, 9.17) is 12.6 Å². The van der Waals surface area contributed by atoms with E-state index in [1.807, 2.05) is 30.3 Å². The molecule has 0 amide bonds. The predicted octanol–water partition coefficient (Wildman–Crippen LogP) is 21.8. The molecule has 450 valence electrons. The molecular weight excluding hydrogens is 1010 g/mol. The van der Waals surface area contributed by atoms with Crippen LogP contribution in [-0.2, 0) is 31.8 Å². The van der Waals surface area contributed by atoms with Gasteiger partial charge in [0.15, 0.2) is 0 Å². The Kier molecular flexibility index (Phi) is 23.4. The summed E-state index contributed by atoms with van der Waals surface area (Å²) in [6.07, 6.45) is 16.5. The summed E-state index contributed by atoms with van der Waals surface area (Å²) in [5.74, 6) is 2.46. The summed E-state index contributed by atoms with van der Waals surface area (Å²) >= 11 is 5.59. The van der Waals surface area contributed by atoms with Crippen LogP contribution in [0.4, 0.5) is 0 Å². The number of phenolic OH excluding ortho intramolecular Hbond substituents is 5. The summed E-state index contributed by atoms with van der Waals surface area (Å²) in [4.78, 5) is 0. The van der Waals surface area contributed by atoms with Gasteiger partial charge < -0.3 is 25.5 Å². The van der Waals surface area contributed by atoms with E-state index in [9.17, 15) is 25.5 Å². The standard InChI is InChI=1S/C38H62O2S.C37H52O3/c1-11-12-13-14-15-16-17-18-19-20-21-27(2)26-38(41,30-24-32(36(5,6)7)34(39)22-28(30)3)31-25-33(37(8,9)10)35(40)23-29(31)4;1-21(25-18-29(35(5,6)7)32(38)15-22(25)2)14-28(26-19-30(36(8,9)10)33(39)16-23(26)3)27-20-31(37(11,12)13)34(40)17-24(27)4/h22-25,27,39-41H,11-21,26H2,1-10H3;15-21,28,38-40H,14H2,1-13H3. The summed E-state index contributed by atoms with van der Waals surface area (Å²) in [7, 11) is 0. The first-order chi connectivity index (χ1) is 37.1. The number of unbranched alkanes of at least 4 members (excludes halogenated alkanes) is 9. The lowest BCUT2D eigenvalue weighted by Crippen LogP contribution is -2.28. The van der Waals surface area contributed by atoms with Crippen LogP contribution in [0.1, 0.15) is 303 Å². The van der Waals surface area contributed by atoms with Crippen molar-refractivity contribution in [3.63, 3.8) is 0 Å². The second kappa shape index (κ2) is 27.4. The molecule has 0 saturated carbocycles. The van der Waals surface area contributed by atoms with E-state index in [0.29, 0.717) is 34.7 Å². The Morgan fingerprint density at radius 2 is 0.630 bits per heavy atom. The van der Waals surface area contributed by atoms with Gasteiger partial charge in [0, 0.05) is 5.92 Å². The molecule has 0 aliphatic rings. The third kappa shape index (κ3) is 18.0. The average Bonchev–Trinajstić information content (AvgIpc) is 3.29. The Hall–Kier alpha value is -4.55. The molecule has 2 unspecified atom stereocenters. The molecule has 5 nitrogen and oxygen atoms in total. The third-order valence-corrected chi connectivity index (χ3v) is 18.0. The van der Waals surface area contributed by atoms with Crippen molar-refractivity contribution in [1.82, 2.24) is 0 Å². The van der Waals surface area contributed by atoms with E-state index < -0.39 is 4.75 Å². The van der Waals surface area contributed by atoms with Crippen LogP contribution in [0.5, 0.6) is 28.7 Å². The highest BCUT2D eigenvalue weighted by atomic mass is 32.1. The van der Waals surface area contributed by atoms with Crippen LogP contribution < -0.4 is 0 Å². The van der Waals surface area contributed by atoms with Gasteiger partial charge in [-0.25, -0.2) is 0 Å². The maximum absolute atomic E-state index is 10.9. The Morgan fingerprint density at radius 1 is 0.358 bits per heavy atom. The van der Waals surface area contributed by atoms with Gasteiger partial charge >= 0.3 is 0 Å². The van der Waals surface area contributed by atoms with Gasteiger partial charge in [-0.2, -0.15) is 12.6 Å². The first kappa shape index (κ1) is 68.9. The molecule has 5 rings (SSSR count). The number of aromatic hydroxyl groups is 5. The Morgan fingerprint density at radius 3 is 0.951 bits per heavy atom. The largest absolute Gasteiger partial charge is 0.508 e. The molecule has 2 atom stereocenters. The first-order valence-electron chi connectivity index (χ1n) is 31.1. The molecule has 5 N–H and O–H groups in total. The Bertz CT molecular complexity index is 2750. The van der Waals surface area contributed by atoms with Crippen LogP contribution in [0.15, 0.2) is 60.7 Å². The maximum Gasteiger partial charge on any atom is 0.119 e. The molecule has 0 spiro atoms. The van der Waals surface area contributed by atoms with Crippen LogP contribution in [0.25, 0.3) is 0 Å². The Labute approximate surface area is 500 Å². The van der Waals surface area contributed by atoms with Crippen LogP contribution in [0, 0.1) is 40.5 Å². The molecule has 6 heteroatoms. The van der Waals surface area contributed by atoms with Crippen molar-refractivity contribution in [3.8, 4) is 28.7 Å². The van der Waals surface area contributed by atoms with E-state index in [1.54, 1.807) is 0 Å². The van der Waals surface area contributed by atoms with E-state index in [2.05, 4.69) is 190 Å². The van der Waals surface area contributed by atoms with Gasteiger partial charge in [0.2, 0.25) is 0 Å². The highest BCUT2D eigenvalue weighted by Crippen LogP contribution is 2.51. The normalized spacial score (nSPS) is 13.6. The summed E-state index contributed by atoms with van der Waals surface area (Å²) in [5.41, 5.74) is 15.1. The van der Waals surface area contributed by atoms with Crippen molar-refractivity contribution in [2.75, 3.05) is 0 Å². The minimum absolute atomic E-state index is 0.0460. The summed E-state index contributed by atoms with van der Waals surface area (Å²) in [6, 6.07) is 20.6. The molecule has 5 aromatic carbocycles. The number of benzene rings is 5. The second-order valence-corrected chi connectivity index (χ2v) is 30.9. The molecule has 0 aromatic heterocycles.